The number of rotatable bonds is 3. The molecule has 0 bridgehead atoms. The lowest BCUT2D eigenvalue weighted by Gasteiger charge is -2.04. The van der Waals surface area contributed by atoms with Crippen LogP contribution in [0.25, 0.3) is 0 Å². The van der Waals surface area contributed by atoms with E-state index in [1.165, 1.54) is 6.42 Å². The maximum atomic E-state index is 11.6. The van der Waals surface area contributed by atoms with Crippen LogP contribution in [0.4, 0.5) is 0 Å². The average molecular weight is 196 g/mol. The van der Waals surface area contributed by atoms with Crippen molar-refractivity contribution in [2.45, 2.75) is 24.5 Å². The third kappa shape index (κ3) is 2.15. The largest absolute Gasteiger partial charge is 0.469 e. The topological polar surface area (TPSA) is 30.2 Å². The van der Waals surface area contributed by atoms with Crippen molar-refractivity contribution in [1.82, 2.24) is 0 Å². The highest BCUT2D eigenvalue weighted by Gasteiger charge is 2.23. The van der Waals surface area contributed by atoms with Gasteiger partial charge in [-0.15, -0.1) is 0 Å². The molecule has 1 atom stereocenters. The molecule has 0 radical (unpaired) electrons. The number of furan rings is 1. The Hall–Kier alpha value is -0.700. The van der Waals surface area contributed by atoms with Gasteiger partial charge in [0.15, 0.2) is 5.78 Å². The van der Waals surface area contributed by atoms with Crippen molar-refractivity contribution >= 4 is 17.5 Å². The smallest absolute Gasteiger partial charge is 0.153 e. The van der Waals surface area contributed by atoms with E-state index in [1.807, 2.05) is 12.1 Å². The number of carbonyl (C=O) groups excluding carboxylic acids is 1. The fraction of sp³-hybridized carbons (Fsp3) is 0.500. The van der Waals surface area contributed by atoms with Crippen molar-refractivity contribution < 1.29 is 9.21 Å². The zero-order chi connectivity index (χ0) is 9.10. The molecular formula is C10H12O2S. The summed E-state index contributed by atoms with van der Waals surface area (Å²) in [6.45, 7) is 0. The van der Waals surface area contributed by atoms with Gasteiger partial charge in [0.2, 0.25) is 0 Å². The Morgan fingerprint density at radius 1 is 1.69 bits per heavy atom. The lowest BCUT2D eigenvalue weighted by atomic mass is 10.1. The summed E-state index contributed by atoms with van der Waals surface area (Å²) in [5.74, 6) is 2.24. The van der Waals surface area contributed by atoms with Crippen molar-refractivity contribution in [3.8, 4) is 0 Å². The zero-order valence-corrected chi connectivity index (χ0v) is 8.18. The number of thioether (sulfide) groups is 1. The van der Waals surface area contributed by atoms with Gasteiger partial charge in [-0.1, -0.05) is 0 Å². The molecule has 0 N–H and O–H groups in total. The normalized spacial score (nSPS) is 22.0. The molecule has 70 valence electrons. The summed E-state index contributed by atoms with van der Waals surface area (Å²) >= 11 is 1.78. The maximum absolute atomic E-state index is 11.6. The van der Waals surface area contributed by atoms with Gasteiger partial charge in [-0.2, -0.15) is 11.8 Å². The summed E-state index contributed by atoms with van der Waals surface area (Å²) in [7, 11) is 0. The Kier molecular flexibility index (Phi) is 2.74. The van der Waals surface area contributed by atoms with Gasteiger partial charge in [0.25, 0.3) is 0 Å². The maximum Gasteiger partial charge on any atom is 0.153 e. The van der Waals surface area contributed by atoms with Crippen LogP contribution in [-0.2, 0) is 11.2 Å². The van der Waals surface area contributed by atoms with Crippen LogP contribution in [0, 0.1) is 0 Å². The van der Waals surface area contributed by atoms with Crippen molar-refractivity contribution in [3.05, 3.63) is 24.2 Å². The van der Waals surface area contributed by atoms with Gasteiger partial charge in [-0.05, 0) is 30.7 Å². The number of hydrogen-bond donors (Lipinski definition) is 0. The van der Waals surface area contributed by atoms with E-state index >= 15 is 0 Å². The fourth-order valence-electron chi connectivity index (χ4n) is 1.53. The zero-order valence-electron chi connectivity index (χ0n) is 7.36. The Bertz CT molecular complexity index is 273. The molecule has 2 heterocycles. The minimum Gasteiger partial charge on any atom is -0.469 e. The van der Waals surface area contributed by atoms with Gasteiger partial charge in [0.05, 0.1) is 17.9 Å². The molecule has 13 heavy (non-hydrogen) atoms. The predicted octanol–water partition coefficient (Wildman–Crippen LogP) is 2.29. The molecule has 0 amide bonds. The second-order valence-corrected chi connectivity index (χ2v) is 4.53. The molecule has 1 unspecified atom stereocenters. The van der Waals surface area contributed by atoms with Gasteiger partial charge in [-0.25, -0.2) is 0 Å². The first-order valence-electron chi connectivity index (χ1n) is 4.53. The molecule has 1 aliphatic rings. The number of ketones is 1. The molecule has 2 nitrogen and oxygen atoms in total. The predicted molar refractivity (Wildman–Crippen MR) is 52.9 cm³/mol. The molecule has 0 aromatic carbocycles. The van der Waals surface area contributed by atoms with Crippen molar-refractivity contribution in [1.29, 1.82) is 0 Å². The minimum absolute atomic E-state index is 0.227. The van der Waals surface area contributed by atoms with Crippen molar-refractivity contribution in [2.75, 3.05) is 5.75 Å². The van der Waals surface area contributed by atoms with Gasteiger partial charge < -0.3 is 4.42 Å². The van der Waals surface area contributed by atoms with E-state index in [0.717, 1.165) is 17.9 Å². The summed E-state index contributed by atoms with van der Waals surface area (Å²) in [4.78, 5) is 11.6. The SMILES string of the molecule is O=C(Cc1ccco1)C1CCCS1. The number of hydrogen-bond acceptors (Lipinski definition) is 3. The Labute approximate surface area is 81.7 Å². The molecule has 1 saturated heterocycles. The highest BCUT2D eigenvalue weighted by Crippen LogP contribution is 2.27. The molecule has 0 saturated carbocycles. The van der Waals surface area contributed by atoms with Crippen LogP contribution >= 0.6 is 11.8 Å². The molecule has 1 aliphatic heterocycles. The summed E-state index contributed by atoms with van der Waals surface area (Å²) < 4.78 is 5.13. The van der Waals surface area contributed by atoms with Crippen LogP contribution in [0.3, 0.4) is 0 Å². The molecule has 1 fully saturated rings. The fourth-order valence-corrected chi connectivity index (χ4v) is 2.75. The summed E-state index contributed by atoms with van der Waals surface area (Å²) in [6, 6.07) is 3.68. The average Bonchev–Trinajstić information content (AvgIpc) is 2.74. The van der Waals surface area contributed by atoms with Crippen LogP contribution in [0.5, 0.6) is 0 Å². The Balaban J connectivity index is 1.91. The first kappa shape index (κ1) is 8.88. The van der Waals surface area contributed by atoms with Crippen molar-refractivity contribution in [2.24, 2.45) is 0 Å². The third-order valence-corrected chi connectivity index (χ3v) is 3.64. The molecule has 1 aromatic heterocycles. The van der Waals surface area contributed by atoms with Gasteiger partial charge in [-0.3, -0.25) is 4.79 Å². The van der Waals surface area contributed by atoms with Crippen molar-refractivity contribution in [3.63, 3.8) is 0 Å². The first-order valence-corrected chi connectivity index (χ1v) is 5.58. The van der Waals surface area contributed by atoms with Crippen LogP contribution in [-0.4, -0.2) is 16.8 Å². The van der Waals surface area contributed by atoms with E-state index in [0.29, 0.717) is 12.2 Å². The summed E-state index contributed by atoms with van der Waals surface area (Å²) in [6.07, 6.45) is 4.30. The molecular weight excluding hydrogens is 184 g/mol. The summed E-state index contributed by atoms with van der Waals surface area (Å²) in [5.41, 5.74) is 0. The second kappa shape index (κ2) is 4.01. The lowest BCUT2D eigenvalue weighted by molar-refractivity contribution is -0.118. The molecule has 3 heteroatoms. The second-order valence-electron chi connectivity index (χ2n) is 3.22. The number of carbonyl (C=O) groups is 1. The van der Waals surface area contributed by atoms with Gasteiger partial charge in [0.1, 0.15) is 5.76 Å². The first-order chi connectivity index (χ1) is 6.36. The van der Waals surface area contributed by atoms with Crippen LogP contribution in [0.2, 0.25) is 0 Å². The Morgan fingerprint density at radius 3 is 3.23 bits per heavy atom. The van der Waals surface area contributed by atoms with Crippen LogP contribution < -0.4 is 0 Å². The Morgan fingerprint density at radius 2 is 2.62 bits per heavy atom. The van der Waals surface area contributed by atoms with Gasteiger partial charge in [0, 0.05) is 0 Å². The monoisotopic (exact) mass is 196 g/mol. The van der Waals surface area contributed by atoms with E-state index in [4.69, 9.17) is 4.42 Å². The molecule has 0 spiro atoms. The molecule has 2 rings (SSSR count). The van der Waals surface area contributed by atoms with E-state index in [9.17, 15) is 4.79 Å². The van der Waals surface area contributed by atoms with E-state index in [-0.39, 0.29) is 5.25 Å². The third-order valence-electron chi connectivity index (χ3n) is 2.22. The minimum atomic E-state index is 0.227. The standard InChI is InChI=1S/C10H12O2S/c11-9(10-4-2-6-13-10)7-8-3-1-5-12-8/h1,3,5,10H,2,4,6-7H2. The van der Waals surface area contributed by atoms with E-state index in [2.05, 4.69) is 0 Å². The molecule has 1 aromatic rings. The molecule has 0 aliphatic carbocycles. The lowest BCUT2D eigenvalue weighted by Crippen LogP contribution is -2.15. The highest BCUT2D eigenvalue weighted by atomic mass is 32.2. The van der Waals surface area contributed by atoms with Crippen LogP contribution in [0.1, 0.15) is 18.6 Å². The summed E-state index contributed by atoms with van der Waals surface area (Å²) in [5, 5.41) is 0.227. The van der Waals surface area contributed by atoms with E-state index < -0.39 is 0 Å². The number of Topliss-reactive ketones (excluding diaryl/α,β-unsaturated/α-hetero) is 1. The van der Waals surface area contributed by atoms with Gasteiger partial charge >= 0.3 is 0 Å². The van der Waals surface area contributed by atoms with E-state index in [1.54, 1.807) is 18.0 Å². The van der Waals surface area contributed by atoms with Crippen LogP contribution in [0.15, 0.2) is 22.8 Å². The highest BCUT2D eigenvalue weighted by molar-refractivity contribution is 8.00. The quantitative estimate of drug-likeness (QED) is 0.743.